The molecule has 0 aliphatic rings. The first-order valence-electron chi connectivity index (χ1n) is 5.84. The van der Waals surface area contributed by atoms with Crippen LogP contribution in [0, 0.1) is 5.82 Å². The fourth-order valence-electron chi connectivity index (χ4n) is 1.97. The molecule has 0 atom stereocenters. The van der Waals surface area contributed by atoms with Gasteiger partial charge >= 0.3 is 0 Å². The zero-order chi connectivity index (χ0) is 13.8. The first kappa shape index (κ1) is 14.1. The van der Waals surface area contributed by atoms with Crippen LogP contribution >= 0.6 is 23.6 Å². The second kappa shape index (κ2) is 6.23. The summed E-state index contributed by atoms with van der Waals surface area (Å²) in [6.45, 7) is 1.43. The quantitative estimate of drug-likeness (QED) is 0.859. The minimum absolute atomic E-state index is 0.265. The molecule has 0 aliphatic carbocycles. The van der Waals surface area contributed by atoms with Crippen molar-refractivity contribution in [3.05, 3.63) is 57.5 Å². The standard InChI is InChI=1S/C14H15FN2S2/c1-17(7-10-4-5-19-9-10)8-11-6-12(15)2-3-13(11)14(16)18/h2-6,9H,7-8H2,1H3,(H2,16,18). The normalized spacial score (nSPS) is 10.9. The van der Waals surface area contributed by atoms with Crippen molar-refractivity contribution in [2.45, 2.75) is 13.1 Å². The van der Waals surface area contributed by atoms with E-state index in [1.807, 2.05) is 12.4 Å². The lowest BCUT2D eigenvalue weighted by Gasteiger charge is -2.18. The molecule has 0 amide bonds. The maximum absolute atomic E-state index is 13.3. The van der Waals surface area contributed by atoms with Crippen molar-refractivity contribution < 1.29 is 4.39 Å². The third-order valence-corrected chi connectivity index (χ3v) is 3.76. The minimum atomic E-state index is -0.265. The van der Waals surface area contributed by atoms with E-state index in [2.05, 4.69) is 16.3 Å². The summed E-state index contributed by atoms with van der Waals surface area (Å²) in [4.78, 5) is 2.41. The van der Waals surface area contributed by atoms with E-state index in [1.165, 1.54) is 17.7 Å². The van der Waals surface area contributed by atoms with E-state index in [4.69, 9.17) is 18.0 Å². The fraction of sp³-hybridized carbons (Fsp3) is 0.214. The van der Waals surface area contributed by atoms with Crippen LogP contribution in [-0.2, 0) is 13.1 Å². The van der Waals surface area contributed by atoms with Crippen LogP contribution in [0.1, 0.15) is 16.7 Å². The highest BCUT2D eigenvalue weighted by Crippen LogP contribution is 2.16. The lowest BCUT2D eigenvalue weighted by molar-refractivity contribution is 0.319. The molecule has 2 aromatic rings. The van der Waals surface area contributed by atoms with Crippen LogP contribution in [-0.4, -0.2) is 16.9 Å². The lowest BCUT2D eigenvalue weighted by atomic mass is 10.1. The van der Waals surface area contributed by atoms with Gasteiger partial charge in [-0.05, 0) is 53.2 Å². The topological polar surface area (TPSA) is 29.3 Å². The van der Waals surface area contributed by atoms with Gasteiger partial charge in [0, 0.05) is 18.7 Å². The summed E-state index contributed by atoms with van der Waals surface area (Å²) >= 11 is 6.67. The van der Waals surface area contributed by atoms with Crippen molar-refractivity contribution in [1.82, 2.24) is 4.90 Å². The predicted octanol–water partition coefficient (Wildman–Crippen LogP) is 3.15. The van der Waals surface area contributed by atoms with Crippen molar-refractivity contribution in [2.24, 2.45) is 5.73 Å². The van der Waals surface area contributed by atoms with Crippen LogP contribution in [0.2, 0.25) is 0 Å². The first-order chi connectivity index (χ1) is 9.06. The largest absolute Gasteiger partial charge is 0.389 e. The van der Waals surface area contributed by atoms with E-state index in [0.717, 1.165) is 17.7 Å². The SMILES string of the molecule is CN(Cc1ccsc1)Cc1cc(F)ccc1C(N)=S. The monoisotopic (exact) mass is 294 g/mol. The Morgan fingerprint density at radius 2 is 2.16 bits per heavy atom. The van der Waals surface area contributed by atoms with E-state index < -0.39 is 0 Å². The van der Waals surface area contributed by atoms with Gasteiger partial charge in [0.15, 0.2) is 0 Å². The Bertz CT molecular complexity index is 567. The zero-order valence-corrected chi connectivity index (χ0v) is 12.2. The molecule has 0 spiro atoms. The molecule has 5 heteroatoms. The van der Waals surface area contributed by atoms with E-state index in [-0.39, 0.29) is 5.82 Å². The van der Waals surface area contributed by atoms with Gasteiger partial charge in [0.25, 0.3) is 0 Å². The summed E-state index contributed by atoms with van der Waals surface area (Å²) in [7, 11) is 1.99. The number of rotatable bonds is 5. The highest BCUT2D eigenvalue weighted by Gasteiger charge is 2.09. The molecule has 2 N–H and O–H groups in total. The van der Waals surface area contributed by atoms with Gasteiger partial charge in [-0.2, -0.15) is 11.3 Å². The molecular formula is C14H15FN2S2. The highest BCUT2D eigenvalue weighted by atomic mass is 32.1. The van der Waals surface area contributed by atoms with Gasteiger partial charge in [-0.1, -0.05) is 12.2 Å². The van der Waals surface area contributed by atoms with E-state index in [9.17, 15) is 4.39 Å². The van der Waals surface area contributed by atoms with Crippen molar-refractivity contribution in [1.29, 1.82) is 0 Å². The van der Waals surface area contributed by atoms with Gasteiger partial charge < -0.3 is 5.73 Å². The van der Waals surface area contributed by atoms with Gasteiger partial charge in [0.1, 0.15) is 10.8 Å². The molecule has 0 aliphatic heterocycles. The summed E-state index contributed by atoms with van der Waals surface area (Å²) in [5, 5.41) is 4.16. The zero-order valence-electron chi connectivity index (χ0n) is 10.6. The molecule has 1 heterocycles. The molecule has 0 bridgehead atoms. The predicted molar refractivity (Wildman–Crippen MR) is 81.8 cm³/mol. The second-order valence-electron chi connectivity index (χ2n) is 4.47. The molecular weight excluding hydrogens is 279 g/mol. The molecule has 0 radical (unpaired) electrons. The number of hydrogen-bond donors (Lipinski definition) is 1. The Morgan fingerprint density at radius 1 is 1.37 bits per heavy atom. The number of benzene rings is 1. The number of nitrogens with zero attached hydrogens (tertiary/aromatic N) is 1. The summed E-state index contributed by atoms with van der Waals surface area (Å²) in [5.74, 6) is -0.265. The number of halogens is 1. The highest BCUT2D eigenvalue weighted by molar-refractivity contribution is 7.80. The Labute approximate surface area is 121 Å². The second-order valence-corrected chi connectivity index (χ2v) is 5.69. The maximum atomic E-state index is 13.3. The number of thiocarbonyl (C=S) groups is 1. The van der Waals surface area contributed by atoms with Gasteiger partial charge in [0.2, 0.25) is 0 Å². The summed E-state index contributed by atoms with van der Waals surface area (Å²) < 4.78 is 13.3. The summed E-state index contributed by atoms with van der Waals surface area (Å²) in [6, 6.07) is 6.61. The fourth-order valence-corrected chi connectivity index (χ4v) is 2.83. The number of nitrogens with two attached hydrogens (primary N) is 1. The average Bonchev–Trinajstić information content (AvgIpc) is 2.81. The van der Waals surface area contributed by atoms with Crippen LogP contribution in [0.15, 0.2) is 35.0 Å². The van der Waals surface area contributed by atoms with Gasteiger partial charge in [-0.25, -0.2) is 4.39 Å². The Morgan fingerprint density at radius 3 is 2.79 bits per heavy atom. The van der Waals surface area contributed by atoms with Crippen molar-refractivity contribution in [3.63, 3.8) is 0 Å². The Balaban J connectivity index is 2.13. The molecule has 19 heavy (non-hydrogen) atoms. The first-order valence-corrected chi connectivity index (χ1v) is 7.19. The molecule has 1 aromatic heterocycles. The number of hydrogen-bond acceptors (Lipinski definition) is 3. The lowest BCUT2D eigenvalue weighted by Crippen LogP contribution is -2.20. The van der Waals surface area contributed by atoms with Crippen LogP contribution < -0.4 is 5.73 Å². The Kier molecular flexibility index (Phi) is 4.63. The molecule has 0 fully saturated rings. The van der Waals surface area contributed by atoms with Crippen molar-refractivity contribution in [2.75, 3.05) is 7.05 Å². The van der Waals surface area contributed by atoms with Gasteiger partial charge in [0.05, 0.1) is 0 Å². The smallest absolute Gasteiger partial charge is 0.123 e. The van der Waals surface area contributed by atoms with Crippen LogP contribution in [0.25, 0.3) is 0 Å². The van der Waals surface area contributed by atoms with E-state index in [0.29, 0.717) is 11.5 Å². The van der Waals surface area contributed by atoms with Crippen LogP contribution in [0.3, 0.4) is 0 Å². The van der Waals surface area contributed by atoms with Crippen molar-refractivity contribution >= 4 is 28.5 Å². The molecule has 100 valence electrons. The summed E-state index contributed by atoms with van der Waals surface area (Å²) in [5.41, 5.74) is 8.49. The molecule has 2 nitrogen and oxygen atoms in total. The summed E-state index contributed by atoms with van der Waals surface area (Å²) in [6.07, 6.45) is 0. The van der Waals surface area contributed by atoms with E-state index >= 15 is 0 Å². The van der Waals surface area contributed by atoms with Gasteiger partial charge in [-0.15, -0.1) is 0 Å². The average molecular weight is 294 g/mol. The molecule has 2 rings (SSSR count). The third-order valence-electron chi connectivity index (χ3n) is 2.81. The number of thiophene rings is 1. The minimum Gasteiger partial charge on any atom is -0.389 e. The maximum Gasteiger partial charge on any atom is 0.123 e. The van der Waals surface area contributed by atoms with Gasteiger partial charge in [-0.3, -0.25) is 4.90 Å². The molecule has 0 saturated heterocycles. The molecule has 0 saturated carbocycles. The van der Waals surface area contributed by atoms with Crippen LogP contribution in [0.5, 0.6) is 0 Å². The Hall–Kier alpha value is -1.30. The van der Waals surface area contributed by atoms with Crippen molar-refractivity contribution in [3.8, 4) is 0 Å². The third kappa shape index (κ3) is 3.83. The van der Waals surface area contributed by atoms with Crippen LogP contribution in [0.4, 0.5) is 4.39 Å². The molecule has 0 unspecified atom stereocenters. The molecule has 1 aromatic carbocycles. The van der Waals surface area contributed by atoms with E-state index in [1.54, 1.807) is 17.4 Å².